The van der Waals surface area contributed by atoms with E-state index in [1.54, 1.807) is 12.1 Å². The molecule has 2 unspecified atom stereocenters. The summed E-state index contributed by atoms with van der Waals surface area (Å²) >= 11 is 0. The molecule has 3 rings (SSSR count). The number of rotatable bonds is 6. The number of guanidine groups is 1. The van der Waals surface area contributed by atoms with Crippen LogP contribution < -0.4 is 10.1 Å². The number of benzene rings is 1. The summed E-state index contributed by atoms with van der Waals surface area (Å²) in [6.07, 6.45) is -1.74. The predicted molar refractivity (Wildman–Crippen MR) is 119 cm³/mol. The molecule has 10 heteroatoms. The SMILES string of the molecule is CCNC(=NCCc1ccc(OC(F)(F)F)cc1)N1CCOC(C2CCCO2)C1.I. The van der Waals surface area contributed by atoms with Gasteiger partial charge in [-0.15, -0.1) is 37.1 Å². The summed E-state index contributed by atoms with van der Waals surface area (Å²) in [4.78, 5) is 6.89. The van der Waals surface area contributed by atoms with E-state index in [0.717, 1.165) is 50.6 Å². The highest BCUT2D eigenvalue weighted by atomic mass is 127. The number of ether oxygens (including phenoxy) is 3. The zero-order valence-electron chi connectivity index (χ0n) is 17.0. The molecule has 30 heavy (non-hydrogen) atoms. The Kier molecular flexibility index (Phi) is 9.95. The number of hydrogen-bond donors (Lipinski definition) is 1. The molecule has 0 amide bonds. The molecular weight excluding hydrogens is 514 g/mol. The minimum atomic E-state index is -4.67. The van der Waals surface area contributed by atoms with Crippen molar-refractivity contribution >= 4 is 29.9 Å². The van der Waals surface area contributed by atoms with Gasteiger partial charge < -0.3 is 24.4 Å². The van der Waals surface area contributed by atoms with Crippen molar-refractivity contribution in [1.29, 1.82) is 0 Å². The van der Waals surface area contributed by atoms with Crippen LogP contribution in [0.4, 0.5) is 13.2 Å². The van der Waals surface area contributed by atoms with Crippen LogP contribution in [0, 0.1) is 0 Å². The highest BCUT2D eigenvalue weighted by Gasteiger charge is 2.32. The van der Waals surface area contributed by atoms with Crippen molar-refractivity contribution in [2.45, 2.75) is 44.8 Å². The van der Waals surface area contributed by atoms with Crippen LogP contribution in [-0.2, 0) is 15.9 Å². The lowest BCUT2D eigenvalue weighted by Gasteiger charge is -2.37. The fourth-order valence-corrected chi connectivity index (χ4v) is 3.56. The van der Waals surface area contributed by atoms with Gasteiger partial charge in [0.15, 0.2) is 5.96 Å². The summed E-state index contributed by atoms with van der Waals surface area (Å²) in [5.74, 6) is 0.613. The molecular formula is C20H29F3IN3O3. The van der Waals surface area contributed by atoms with Gasteiger partial charge in [-0.2, -0.15) is 0 Å². The molecule has 0 radical (unpaired) electrons. The second-order valence-corrected chi connectivity index (χ2v) is 7.08. The van der Waals surface area contributed by atoms with Crippen LogP contribution in [0.3, 0.4) is 0 Å². The van der Waals surface area contributed by atoms with Crippen LogP contribution >= 0.6 is 24.0 Å². The average molecular weight is 543 g/mol. The van der Waals surface area contributed by atoms with E-state index in [-0.39, 0.29) is 41.9 Å². The number of nitrogens with one attached hydrogen (secondary N) is 1. The summed E-state index contributed by atoms with van der Waals surface area (Å²) in [7, 11) is 0. The van der Waals surface area contributed by atoms with Gasteiger partial charge >= 0.3 is 6.36 Å². The molecule has 1 N–H and O–H groups in total. The molecule has 0 aliphatic carbocycles. The molecule has 0 saturated carbocycles. The third kappa shape index (κ3) is 7.77. The smallest absolute Gasteiger partial charge is 0.406 e. The van der Waals surface area contributed by atoms with Gasteiger partial charge in [-0.3, -0.25) is 4.99 Å². The first-order valence-electron chi connectivity index (χ1n) is 10.1. The van der Waals surface area contributed by atoms with E-state index < -0.39 is 6.36 Å². The molecule has 0 bridgehead atoms. The third-order valence-electron chi connectivity index (χ3n) is 4.93. The van der Waals surface area contributed by atoms with Gasteiger partial charge in [-0.25, -0.2) is 0 Å². The lowest BCUT2D eigenvalue weighted by molar-refractivity contribution is -0.274. The molecule has 6 nitrogen and oxygen atoms in total. The molecule has 2 aliphatic rings. The van der Waals surface area contributed by atoms with Crippen molar-refractivity contribution in [3.63, 3.8) is 0 Å². The number of hydrogen-bond acceptors (Lipinski definition) is 4. The summed E-state index contributed by atoms with van der Waals surface area (Å²) < 4.78 is 52.3. The van der Waals surface area contributed by atoms with Crippen LogP contribution in [0.25, 0.3) is 0 Å². The van der Waals surface area contributed by atoms with E-state index in [9.17, 15) is 13.2 Å². The molecule has 2 heterocycles. The first-order chi connectivity index (χ1) is 13.9. The number of halogens is 4. The molecule has 1 aromatic rings. The Morgan fingerprint density at radius 1 is 1.20 bits per heavy atom. The molecule has 1 aromatic carbocycles. The van der Waals surface area contributed by atoms with Gasteiger partial charge in [0.25, 0.3) is 0 Å². The van der Waals surface area contributed by atoms with Crippen molar-refractivity contribution < 1.29 is 27.4 Å². The van der Waals surface area contributed by atoms with Crippen LogP contribution in [0.5, 0.6) is 5.75 Å². The first-order valence-corrected chi connectivity index (χ1v) is 10.1. The van der Waals surface area contributed by atoms with Crippen molar-refractivity contribution in [3.05, 3.63) is 29.8 Å². The normalized spacial score (nSPS) is 22.5. The summed E-state index contributed by atoms with van der Waals surface area (Å²) in [6.45, 7) is 6.24. The Bertz CT molecular complexity index is 668. The Labute approximate surface area is 192 Å². The fourth-order valence-electron chi connectivity index (χ4n) is 3.56. The zero-order chi connectivity index (χ0) is 20.7. The van der Waals surface area contributed by atoms with E-state index in [1.165, 1.54) is 12.1 Å². The predicted octanol–water partition coefficient (Wildman–Crippen LogP) is 3.59. The van der Waals surface area contributed by atoms with Gasteiger partial charge in [-0.05, 0) is 43.9 Å². The Hall–Kier alpha value is -1.27. The van der Waals surface area contributed by atoms with Gasteiger partial charge in [0.1, 0.15) is 11.9 Å². The molecule has 0 spiro atoms. The van der Waals surface area contributed by atoms with E-state index in [1.807, 2.05) is 6.92 Å². The van der Waals surface area contributed by atoms with Crippen LogP contribution in [0.15, 0.2) is 29.3 Å². The fraction of sp³-hybridized carbons (Fsp3) is 0.650. The maximum Gasteiger partial charge on any atom is 0.573 e. The number of alkyl halides is 3. The highest BCUT2D eigenvalue weighted by molar-refractivity contribution is 14.0. The van der Waals surface area contributed by atoms with Gasteiger partial charge in [-0.1, -0.05) is 12.1 Å². The molecule has 2 aliphatic heterocycles. The molecule has 170 valence electrons. The van der Waals surface area contributed by atoms with Crippen LogP contribution in [0.1, 0.15) is 25.3 Å². The average Bonchev–Trinajstić information content (AvgIpc) is 3.22. The summed E-state index contributed by atoms with van der Waals surface area (Å²) in [5.41, 5.74) is 0.901. The monoisotopic (exact) mass is 543 g/mol. The largest absolute Gasteiger partial charge is 0.573 e. The van der Waals surface area contributed by atoms with E-state index in [0.29, 0.717) is 19.6 Å². The van der Waals surface area contributed by atoms with Gasteiger partial charge in [0, 0.05) is 32.8 Å². The lowest BCUT2D eigenvalue weighted by Crippen LogP contribution is -2.53. The van der Waals surface area contributed by atoms with E-state index >= 15 is 0 Å². The Balaban J connectivity index is 0.00000320. The second kappa shape index (κ2) is 11.9. The van der Waals surface area contributed by atoms with E-state index in [2.05, 4.69) is 15.0 Å². The van der Waals surface area contributed by atoms with Crippen molar-refractivity contribution in [2.24, 2.45) is 4.99 Å². The van der Waals surface area contributed by atoms with Gasteiger partial charge in [0.2, 0.25) is 0 Å². The van der Waals surface area contributed by atoms with Crippen LogP contribution in [-0.4, -0.2) is 68.8 Å². The van der Waals surface area contributed by atoms with Crippen molar-refractivity contribution in [2.75, 3.05) is 39.4 Å². The summed E-state index contributed by atoms with van der Waals surface area (Å²) in [5, 5.41) is 3.32. The minimum absolute atomic E-state index is 0. The topological polar surface area (TPSA) is 55.3 Å². The van der Waals surface area contributed by atoms with E-state index in [4.69, 9.17) is 14.5 Å². The Morgan fingerprint density at radius 3 is 2.57 bits per heavy atom. The highest BCUT2D eigenvalue weighted by Crippen LogP contribution is 2.23. The number of aliphatic imine (C=N–C) groups is 1. The lowest BCUT2D eigenvalue weighted by atomic mass is 10.1. The molecule has 0 aromatic heterocycles. The maximum atomic E-state index is 12.2. The minimum Gasteiger partial charge on any atom is -0.406 e. The maximum absolute atomic E-state index is 12.2. The zero-order valence-corrected chi connectivity index (χ0v) is 19.3. The number of nitrogens with zero attached hydrogens (tertiary/aromatic N) is 2. The number of morpholine rings is 1. The van der Waals surface area contributed by atoms with Gasteiger partial charge in [0.05, 0.1) is 12.7 Å². The Morgan fingerprint density at radius 2 is 1.93 bits per heavy atom. The quantitative estimate of drug-likeness (QED) is 0.338. The molecule has 2 atom stereocenters. The first kappa shape index (κ1) is 25.0. The van der Waals surface area contributed by atoms with Crippen molar-refractivity contribution in [1.82, 2.24) is 10.2 Å². The third-order valence-corrected chi connectivity index (χ3v) is 4.93. The van der Waals surface area contributed by atoms with Crippen molar-refractivity contribution in [3.8, 4) is 5.75 Å². The second-order valence-electron chi connectivity index (χ2n) is 7.08. The molecule has 2 saturated heterocycles. The standard InChI is InChI=1S/C20H28F3N3O3.HI/c1-2-24-19(26-11-13-28-18(14-26)17-4-3-12-27-17)25-10-9-15-5-7-16(8-6-15)29-20(21,22)23;/h5-8,17-18H,2-4,9-14H2,1H3,(H,24,25);1H. The molecule has 2 fully saturated rings. The van der Waals surface area contributed by atoms with Crippen LogP contribution in [0.2, 0.25) is 0 Å². The summed E-state index contributed by atoms with van der Waals surface area (Å²) in [6, 6.07) is 5.91.